The van der Waals surface area contributed by atoms with Crippen molar-refractivity contribution in [3.8, 4) is 0 Å². The number of anilines is 1. The van der Waals surface area contributed by atoms with Crippen LogP contribution in [0.4, 0.5) is 5.95 Å². The van der Waals surface area contributed by atoms with Crippen LogP contribution in [0.25, 0.3) is 10.9 Å². The summed E-state index contributed by atoms with van der Waals surface area (Å²) in [6.07, 6.45) is 3.68. The zero-order valence-corrected chi connectivity index (χ0v) is 15.8. The Morgan fingerprint density at radius 2 is 1.89 bits per heavy atom. The van der Waals surface area contributed by atoms with E-state index >= 15 is 0 Å². The maximum absolute atomic E-state index is 13.1. The van der Waals surface area contributed by atoms with Gasteiger partial charge in [0.15, 0.2) is 0 Å². The highest BCUT2D eigenvalue weighted by atomic mass is 16.2. The minimum Gasteiger partial charge on any atom is -0.334 e. The third kappa shape index (κ3) is 2.79. The fourth-order valence-electron chi connectivity index (χ4n) is 4.09. The Bertz CT molecular complexity index is 1100. The van der Waals surface area contributed by atoms with E-state index in [1.807, 2.05) is 49.1 Å². The summed E-state index contributed by atoms with van der Waals surface area (Å²) in [4.78, 5) is 26.2. The lowest BCUT2D eigenvalue weighted by atomic mass is 10.1. The number of amides is 1. The van der Waals surface area contributed by atoms with E-state index in [0.29, 0.717) is 24.6 Å². The summed E-state index contributed by atoms with van der Waals surface area (Å²) in [6.45, 7) is 6.09. The lowest BCUT2D eigenvalue weighted by Gasteiger charge is -2.20. The molecule has 1 unspecified atom stereocenters. The second-order valence-corrected chi connectivity index (χ2v) is 7.47. The third-order valence-electron chi connectivity index (χ3n) is 5.37. The number of rotatable bonds is 2. The van der Waals surface area contributed by atoms with Gasteiger partial charge in [0.25, 0.3) is 5.91 Å². The number of carbonyl (C=O) groups is 1. The molecule has 0 N–H and O–H groups in total. The van der Waals surface area contributed by atoms with Crippen molar-refractivity contribution in [1.82, 2.24) is 25.1 Å². The van der Waals surface area contributed by atoms with Crippen LogP contribution in [0.1, 0.15) is 21.7 Å². The van der Waals surface area contributed by atoms with Crippen LogP contribution >= 0.6 is 0 Å². The molecule has 2 aliphatic heterocycles. The van der Waals surface area contributed by atoms with Gasteiger partial charge in [-0.05, 0) is 31.6 Å². The number of aryl methyl sites for hydroxylation is 2. The minimum absolute atomic E-state index is 0.00981. The fourth-order valence-corrected chi connectivity index (χ4v) is 4.09. The molecule has 1 amide bonds. The van der Waals surface area contributed by atoms with Crippen LogP contribution in [-0.2, 0) is 0 Å². The first-order valence-corrected chi connectivity index (χ1v) is 9.38. The molecule has 7 nitrogen and oxygen atoms in total. The van der Waals surface area contributed by atoms with Crippen molar-refractivity contribution in [2.24, 2.45) is 5.92 Å². The lowest BCUT2D eigenvalue weighted by Crippen LogP contribution is -2.31. The van der Waals surface area contributed by atoms with Crippen molar-refractivity contribution in [3.63, 3.8) is 0 Å². The van der Waals surface area contributed by atoms with E-state index in [0.717, 1.165) is 34.8 Å². The van der Waals surface area contributed by atoms with Gasteiger partial charge in [-0.2, -0.15) is 10.2 Å². The summed E-state index contributed by atoms with van der Waals surface area (Å²) in [5.41, 5.74) is 4.53. The molecular weight excluding hydrogens is 352 g/mol. The molecular formula is C21H20N6O. The number of nitrogens with zero attached hydrogens (tertiary/aromatic N) is 6. The van der Waals surface area contributed by atoms with Crippen molar-refractivity contribution in [2.75, 3.05) is 24.5 Å². The minimum atomic E-state index is 0.00981. The molecule has 5 rings (SSSR count). The predicted molar refractivity (Wildman–Crippen MR) is 106 cm³/mol. The molecule has 2 aliphatic rings. The van der Waals surface area contributed by atoms with Crippen LogP contribution in [0.5, 0.6) is 0 Å². The van der Waals surface area contributed by atoms with Crippen molar-refractivity contribution in [3.05, 3.63) is 65.3 Å². The molecule has 0 spiro atoms. The number of aromatic nitrogens is 4. The topological polar surface area (TPSA) is 75.1 Å². The van der Waals surface area contributed by atoms with Gasteiger partial charge in [0.2, 0.25) is 5.95 Å². The van der Waals surface area contributed by atoms with Crippen molar-refractivity contribution >= 4 is 22.8 Å². The average Bonchev–Trinajstić information content (AvgIpc) is 3.25. The Morgan fingerprint density at radius 3 is 2.68 bits per heavy atom. The molecule has 28 heavy (non-hydrogen) atoms. The Labute approximate surface area is 162 Å². The van der Waals surface area contributed by atoms with Gasteiger partial charge in [-0.15, -0.1) is 0 Å². The van der Waals surface area contributed by atoms with E-state index in [1.54, 1.807) is 6.20 Å². The average molecular weight is 372 g/mol. The molecule has 0 aliphatic carbocycles. The highest BCUT2D eigenvalue weighted by Crippen LogP contribution is 2.32. The van der Waals surface area contributed by atoms with Gasteiger partial charge in [-0.3, -0.25) is 4.79 Å². The summed E-state index contributed by atoms with van der Waals surface area (Å²) in [5, 5.41) is 8.97. The van der Waals surface area contributed by atoms with Crippen LogP contribution in [0, 0.1) is 19.8 Å². The normalized spacial score (nSPS) is 18.5. The van der Waals surface area contributed by atoms with Gasteiger partial charge in [0.05, 0.1) is 17.3 Å². The van der Waals surface area contributed by atoms with Gasteiger partial charge >= 0.3 is 0 Å². The molecule has 0 radical (unpaired) electrons. The zero-order chi connectivity index (χ0) is 19.3. The first-order valence-electron chi connectivity index (χ1n) is 9.38. The molecule has 3 aromatic rings. The van der Waals surface area contributed by atoms with E-state index in [9.17, 15) is 4.79 Å². The van der Waals surface area contributed by atoms with Crippen LogP contribution in [-0.4, -0.2) is 50.6 Å². The predicted octanol–water partition coefficient (Wildman–Crippen LogP) is 2.51. The Morgan fingerprint density at radius 1 is 1.11 bits per heavy atom. The summed E-state index contributed by atoms with van der Waals surface area (Å²) in [6, 6.07) is 9.60. The van der Waals surface area contributed by atoms with Gasteiger partial charge in [-0.1, -0.05) is 18.2 Å². The van der Waals surface area contributed by atoms with Crippen molar-refractivity contribution in [1.29, 1.82) is 0 Å². The molecule has 0 bridgehead atoms. The quantitative estimate of drug-likeness (QED) is 0.688. The van der Waals surface area contributed by atoms with Crippen LogP contribution in [0.15, 0.2) is 48.3 Å². The largest absolute Gasteiger partial charge is 0.334 e. The van der Waals surface area contributed by atoms with Crippen molar-refractivity contribution < 1.29 is 4.79 Å². The number of hydrogen-bond donors (Lipinski definition) is 0. The molecule has 0 saturated carbocycles. The van der Waals surface area contributed by atoms with E-state index in [2.05, 4.69) is 31.3 Å². The zero-order valence-electron chi connectivity index (χ0n) is 15.8. The standard InChI is InChI=1S/C21H20N6O/c1-13-7-14(2)24-21(23-13)27-11-15-9-26(10-16(15)12-27)20(28)18-8-22-25-19-6-4-3-5-17(18)19/h3-8,11,16H,9-10,12H2,1-2H3. The van der Waals surface area contributed by atoms with Gasteiger partial charge < -0.3 is 9.80 Å². The lowest BCUT2D eigenvalue weighted by molar-refractivity contribution is 0.0790. The second kappa shape index (κ2) is 6.37. The first-order chi connectivity index (χ1) is 13.6. The highest BCUT2D eigenvalue weighted by molar-refractivity contribution is 6.05. The van der Waals surface area contributed by atoms with Crippen LogP contribution in [0.3, 0.4) is 0 Å². The number of benzene rings is 1. The summed E-state index contributed by atoms with van der Waals surface area (Å²) < 4.78 is 0. The summed E-state index contributed by atoms with van der Waals surface area (Å²) >= 11 is 0. The summed E-state index contributed by atoms with van der Waals surface area (Å²) in [7, 11) is 0. The van der Waals surface area contributed by atoms with E-state index in [-0.39, 0.29) is 5.91 Å². The molecule has 140 valence electrons. The van der Waals surface area contributed by atoms with Crippen LogP contribution in [0.2, 0.25) is 0 Å². The smallest absolute Gasteiger partial charge is 0.256 e. The maximum atomic E-state index is 13.1. The van der Waals surface area contributed by atoms with Crippen LogP contribution < -0.4 is 4.90 Å². The number of carbonyl (C=O) groups excluding carboxylic acids is 1. The van der Waals surface area contributed by atoms with E-state index in [4.69, 9.17) is 0 Å². The van der Waals surface area contributed by atoms with E-state index in [1.165, 1.54) is 5.57 Å². The molecule has 1 fully saturated rings. The molecule has 1 saturated heterocycles. The summed E-state index contributed by atoms with van der Waals surface area (Å²) in [5.74, 6) is 1.06. The molecule has 1 atom stereocenters. The fraction of sp³-hybridized carbons (Fsp3) is 0.286. The Kier molecular flexibility index (Phi) is 3.82. The molecule has 1 aromatic carbocycles. The Balaban J connectivity index is 1.39. The van der Waals surface area contributed by atoms with Gasteiger partial charge in [-0.25, -0.2) is 9.97 Å². The molecule has 7 heteroatoms. The molecule has 2 aromatic heterocycles. The van der Waals surface area contributed by atoms with Gasteiger partial charge in [0.1, 0.15) is 0 Å². The SMILES string of the molecule is Cc1cc(C)nc(N2C=C3CN(C(=O)c4cnnc5ccccc45)CC3C2)n1. The Hall–Kier alpha value is -3.35. The number of fused-ring (bicyclic) bond motifs is 2. The second-order valence-electron chi connectivity index (χ2n) is 7.47. The number of hydrogen-bond acceptors (Lipinski definition) is 6. The van der Waals surface area contributed by atoms with Gasteiger partial charge in [0, 0.05) is 48.5 Å². The molecule has 4 heterocycles. The number of likely N-dealkylation sites (tertiary alicyclic amines) is 1. The van der Waals surface area contributed by atoms with E-state index < -0.39 is 0 Å². The first kappa shape index (κ1) is 16.8. The van der Waals surface area contributed by atoms with Crippen molar-refractivity contribution in [2.45, 2.75) is 13.8 Å². The third-order valence-corrected chi connectivity index (χ3v) is 5.37. The maximum Gasteiger partial charge on any atom is 0.256 e. The monoisotopic (exact) mass is 372 g/mol. The highest BCUT2D eigenvalue weighted by Gasteiger charge is 2.37.